The van der Waals surface area contributed by atoms with Crippen LogP contribution in [0.1, 0.15) is 20.8 Å². The van der Waals surface area contributed by atoms with Crippen molar-refractivity contribution in [1.82, 2.24) is 9.78 Å². The number of aromatic nitrogens is 2. The number of benzene rings is 2. The van der Waals surface area contributed by atoms with Crippen molar-refractivity contribution >= 4 is 6.09 Å². The molecule has 0 bridgehead atoms. The van der Waals surface area contributed by atoms with Crippen LogP contribution < -0.4 is 18.9 Å². The van der Waals surface area contributed by atoms with Crippen molar-refractivity contribution < 1.29 is 28.5 Å². The van der Waals surface area contributed by atoms with E-state index in [4.69, 9.17) is 23.7 Å². The second kappa shape index (κ2) is 9.21. The molecule has 8 nitrogen and oxygen atoms in total. The van der Waals surface area contributed by atoms with Crippen LogP contribution in [-0.2, 0) is 4.74 Å². The molecular formula is C24H28N2O6. The molecule has 0 unspecified atom stereocenters. The Morgan fingerprint density at radius 3 is 2.03 bits per heavy atom. The van der Waals surface area contributed by atoms with E-state index in [0.29, 0.717) is 39.9 Å². The van der Waals surface area contributed by atoms with Gasteiger partial charge in [0.25, 0.3) is 0 Å². The van der Waals surface area contributed by atoms with Crippen LogP contribution in [0.4, 0.5) is 4.79 Å². The number of methoxy groups -OCH3 is 4. The minimum atomic E-state index is -0.689. The molecule has 3 rings (SSSR count). The molecule has 0 saturated heterocycles. The van der Waals surface area contributed by atoms with E-state index < -0.39 is 11.7 Å². The van der Waals surface area contributed by atoms with Gasteiger partial charge in [0.2, 0.25) is 5.75 Å². The van der Waals surface area contributed by atoms with Gasteiger partial charge in [-0.05, 0) is 51.1 Å². The predicted octanol–water partition coefficient (Wildman–Crippen LogP) is 5.03. The second-order valence-corrected chi connectivity index (χ2v) is 7.95. The highest BCUT2D eigenvalue weighted by Gasteiger charge is 2.25. The predicted molar refractivity (Wildman–Crippen MR) is 121 cm³/mol. The zero-order chi connectivity index (χ0) is 23.5. The van der Waals surface area contributed by atoms with Crippen LogP contribution in [0.25, 0.3) is 22.5 Å². The van der Waals surface area contributed by atoms with Crippen LogP contribution in [0.3, 0.4) is 0 Å². The largest absolute Gasteiger partial charge is 0.497 e. The van der Waals surface area contributed by atoms with E-state index in [1.54, 1.807) is 46.1 Å². The molecule has 8 heteroatoms. The number of hydrogen-bond acceptors (Lipinski definition) is 7. The SMILES string of the molecule is COc1cccc(-c2cc(-c3cc(OC)c(OC)c(OC)c3)n(C(=O)OC(C)(C)C)n2)c1. The molecule has 0 aliphatic rings. The highest BCUT2D eigenvalue weighted by molar-refractivity contribution is 5.82. The molecule has 170 valence electrons. The quantitative estimate of drug-likeness (QED) is 0.531. The lowest BCUT2D eigenvalue weighted by Gasteiger charge is -2.20. The maximum Gasteiger partial charge on any atom is 0.435 e. The molecule has 0 spiro atoms. The third-order valence-electron chi connectivity index (χ3n) is 4.60. The fourth-order valence-electron chi connectivity index (χ4n) is 3.18. The van der Waals surface area contributed by atoms with Gasteiger partial charge < -0.3 is 23.7 Å². The lowest BCUT2D eigenvalue weighted by Crippen LogP contribution is -2.28. The van der Waals surface area contributed by atoms with E-state index in [1.807, 2.05) is 24.3 Å². The van der Waals surface area contributed by atoms with E-state index in [9.17, 15) is 4.79 Å². The molecular weight excluding hydrogens is 412 g/mol. The van der Waals surface area contributed by atoms with Gasteiger partial charge in [0.1, 0.15) is 11.4 Å². The van der Waals surface area contributed by atoms with Crippen molar-refractivity contribution in [3.05, 3.63) is 42.5 Å². The van der Waals surface area contributed by atoms with E-state index in [1.165, 1.54) is 26.0 Å². The van der Waals surface area contributed by atoms with Crippen molar-refractivity contribution in [2.24, 2.45) is 0 Å². The van der Waals surface area contributed by atoms with Crippen LogP contribution in [0, 0.1) is 0 Å². The number of carbonyl (C=O) groups is 1. The van der Waals surface area contributed by atoms with Gasteiger partial charge in [-0.2, -0.15) is 9.78 Å². The first-order valence-corrected chi connectivity index (χ1v) is 9.99. The number of hydrogen-bond donors (Lipinski definition) is 0. The number of nitrogens with zero attached hydrogens (tertiary/aromatic N) is 2. The molecule has 0 radical (unpaired) electrons. The molecule has 0 aliphatic carbocycles. The zero-order valence-corrected chi connectivity index (χ0v) is 19.4. The topological polar surface area (TPSA) is 81.0 Å². The maximum atomic E-state index is 13.0. The maximum absolute atomic E-state index is 13.0. The first-order valence-electron chi connectivity index (χ1n) is 9.99. The molecule has 1 heterocycles. The Kier molecular flexibility index (Phi) is 6.62. The summed E-state index contributed by atoms with van der Waals surface area (Å²) in [5, 5.41) is 4.54. The fraction of sp³-hybridized carbons (Fsp3) is 0.333. The smallest absolute Gasteiger partial charge is 0.435 e. The minimum absolute atomic E-state index is 0.454. The van der Waals surface area contributed by atoms with Crippen LogP contribution in [0.5, 0.6) is 23.0 Å². The van der Waals surface area contributed by atoms with E-state index in [0.717, 1.165) is 5.56 Å². The van der Waals surface area contributed by atoms with Crippen molar-refractivity contribution in [2.75, 3.05) is 28.4 Å². The van der Waals surface area contributed by atoms with Gasteiger partial charge in [-0.3, -0.25) is 0 Å². The van der Waals surface area contributed by atoms with Crippen LogP contribution in [0.2, 0.25) is 0 Å². The molecule has 2 aromatic carbocycles. The normalized spacial score (nSPS) is 11.1. The van der Waals surface area contributed by atoms with E-state index >= 15 is 0 Å². The van der Waals surface area contributed by atoms with Crippen molar-refractivity contribution in [3.8, 4) is 45.5 Å². The molecule has 32 heavy (non-hydrogen) atoms. The third kappa shape index (κ3) is 4.80. The number of rotatable bonds is 6. The average Bonchev–Trinajstić information content (AvgIpc) is 3.22. The Labute approximate surface area is 187 Å². The Bertz CT molecular complexity index is 1090. The molecule has 0 saturated carbocycles. The van der Waals surface area contributed by atoms with E-state index in [-0.39, 0.29) is 0 Å². The Morgan fingerprint density at radius 1 is 0.844 bits per heavy atom. The monoisotopic (exact) mass is 440 g/mol. The van der Waals surface area contributed by atoms with Gasteiger partial charge in [-0.15, -0.1) is 0 Å². The summed E-state index contributed by atoms with van der Waals surface area (Å²) in [6, 6.07) is 12.8. The summed E-state index contributed by atoms with van der Waals surface area (Å²) in [6.07, 6.45) is -0.601. The zero-order valence-electron chi connectivity index (χ0n) is 19.4. The molecule has 1 aromatic heterocycles. The summed E-state index contributed by atoms with van der Waals surface area (Å²) in [7, 11) is 6.20. The highest BCUT2D eigenvalue weighted by atomic mass is 16.6. The molecule has 0 fully saturated rings. The molecule has 3 aromatic rings. The van der Waals surface area contributed by atoms with Gasteiger partial charge in [-0.25, -0.2) is 4.79 Å². The van der Waals surface area contributed by atoms with Gasteiger partial charge >= 0.3 is 6.09 Å². The lowest BCUT2D eigenvalue weighted by molar-refractivity contribution is 0.0518. The summed E-state index contributed by atoms with van der Waals surface area (Å²) < 4.78 is 28.5. The highest BCUT2D eigenvalue weighted by Crippen LogP contribution is 2.42. The van der Waals surface area contributed by atoms with Gasteiger partial charge in [-0.1, -0.05) is 12.1 Å². The van der Waals surface area contributed by atoms with Gasteiger partial charge in [0.05, 0.1) is 39.8 Å². The standard InChI is InChI=1S/C24H28N2O6/c1-24(2,3)32-23(27)26-19(14-18(25-26)15-9-8-10-17(11-15)28-4)16-12-20(29-5)22(31-7)21(13-16)30-6/h8-14H,1-7H3. The number of carbonyl (C=O) groups excluding carboxylic acids is 1. The van der Waals surface area contributed by atoms with Gasteiger partial charge in [0, 0.05) is 11.1 Å². The minimum Gasteiger partial charge on any atom is -0.497 e. The average molecular weight is 440 g/mol. The summed E-state index contributed by atoms with van der Waals surface area (Å²) in [4.78, 5) is 13.0. The van der Waals surface area contributed by atoms with Crippen molar-refractivity contribution in [3.63, 3.8) is 0 Å². The Hall–Kier alpha value is -3.68. The summed E-state index contributed by atoms with van der Waals surface area (Å²) in [5.74, 6) is 2.06. The molecule has 0 aliphatic heterocycles. The van der Waals surface area contributed by atoms with Crippen LogP contribution in [0.15, 0.2) is 42.5 Å². The second-order valence-electron chi connectivity index (χ2n) is 7.95. The Morgan fingerprint density at radius 2 is 1.50 bits per heavy atom. The van der Waals surface area contributed by atoms with Gasteiger partial charge in [0.15, 0.2) is 11.5 Å². The molecule has 0 atom stereocenters. The fourth-order valence-corrected chi connectivity index (χ4v) is 3.18. The Balaban J connectivity index is 2.21. The van der Waals surface area contributed by atoms with Crippen molar-refractivity contribution in [1.29, 1.82) is 0 Å². The molecule has 0 N–H and O–H groups in total. The first kappa shape index (κ1) is 23.0. The lowest BCUT2D eigenvalue weighted by atomic mass is 10.1. The summed E-state index contributed by atoms with van der Waals surface area (Å²) >= 11 is 0. The van der Waals surface area contributed by atoms with Crippen LogP contribution >= 0.6 is 0 Å². The van der Waals surface area contributed by atoms with Crippen LogP contribution in [-0.4, -0.2) is 49.9 Å². The summed E-state index contributed by atoms with van der Waals surface area (Å²) in [6.45, 7) is 5.41. The third-order valence-corrected chi connectivity index (χ3v) is 4.60. The number of ether oxygens (including phenoxy) is 5. The first-order chi connectivity index (χ1) is 15.2. The van der Waals surface area contributed by atoms with E-state index in [2.05, 4.69) is 5.10 Å². The molecule has 0 amide bonds. The summed E-state index contributed by atoms with van der Waals surface area (Å²) in [5.41, 5.74) is 1.84. The van der Waals surface area contributed by atoms with Crippen molar-refractivity contribution in [2.45, 2.75) is 26.4 Å².